The van der Waals surface area contributed by atoms with E-state index in [0.29, 0.717) is 13.1 Å². The molecule has 2 rings (SSSR count). The summed E-state index contributed by atoms with van der Waals surface area (Å²) in [6.07, 6.45) is 0.798. The van der Waals surface area contributed by atoms with Crippen molar-refractivity contribution in [1.82, 2.24) is 0 Å². The molecule has 0 fully saturated rings. The molecule has 0 aliphatic rings. The van der Waals surface area contributed by atoms with Gasteiger partial charge >= 0.3 is 0 Å². The summed E-state index contributed by atoms with van der Waals surface area (Å²) in [5.74, 6) is 0.0460. The molecule has 2 aromatic rings. The molecule has 0 unspecified atom stereocenters. The van der Waals surface area contributed by atoms with E-state index < -0.39 is 0 Å². The molecule has 0 saturated carbocycles. The number of amides is 1. The van der Waals surface area contributed by atoms with Gasteiger partial charge < -0.3 is 10.6 Å². The average molecular weight is 260 g/mol. The van der Waals surface area contributed by atoms with Gasteiger partial charge in [-0.05, 0) is 36.5 Å². The summed E-state index contributed by atoms with van der Waals surface area (Å²) in [4.78, 5) is 15.0. The summed E-state index contributed by atoms with van der Waals surface area (Å²) in [5, 5.41) is 1.92. The van der Waals surface area contributed by atoms with Gasteiger partial charge in [-0.1, -0.05) is 24.3 Å². The molecule has 0 radical (unpaired) electrons. The monoisotopic (exact) mass is 260 g/mol. The lowest BCUT2D eigenvalue weighted by Gasteiger charge is -2.22. The fourth-order valence-corrected chi connectivity index (χ4v) is 2.41. The van der Waals surface area contributed by atoms with Gasteiger partial charge in [0, 0.05) is 12.2 Å². The highest BCUT2D eigenvalue weighted by Gasteiger charge is 2.17. The smallest absolute Gasteiger partial charge is 0.268 e. The van der Waals surface area contributed by atoms with E-state index in [-0.39, 0.29) is 5.91 Å². The van der Waals surface area contributed by atoms with Gasteiger partial charge in [-0.25, -0.2) is 0 Å². The van der Waals surface area contributed by atoms with E-state index in [1.54, 1.807) is 4.90 Å². The van der Waals surface area contributed by atoms with E-state index >= 15 is 0 Å². The third-order valence-electron chi connectivity index (χ3n) is 2.63. The first-order chi connectivity index (χ1) is 8.83. The van der Waals surface area contributed by atoms with Crippen LogP contribution in [0.2, 0.25) is 0 Å². The second-order valence-electron chi connectivity index (χ2n) is 3.91. The molecule has 0 aliphatic carbocycles. The van der Waals surface area contributed by atoms with E-state index in [0.717, 1.165) is 17.0 Å². The fraction of sp³-hybridized carbons (Fsp3) is 0.214. The van der Waals surface area contributed by atoms with Gasteiger partial charge in [0.15, 0.2) is 0 Å². The lowest BCUT2D eigenvalue weighted by Crippen LogP contribution is -2.32. The number of benzene rings is 1. The molecule has 94 valence electrons. The summed E-state index contributed by atoms with van der Waals surface area (Å²) in [5.41, 5.74) is 6.46. The van der Waals surface area contributed by atoms with Crippen molar-refractivity contribution in [3.8, 4) is 0 Å². The Morgan fingerprint density at radius 3 is 2.56 bits per heavy atom. The van der Waals surface area contributed by atoms with Gasteiger partial charge in [0.25, 0.3) is 5.91 Å². The maximum absolute atomic E-state index is 12.4. The molecule has 1 aromatic heterocycles. The van der Waals surface area contributed by atoms with Crippen molar-refractivity contribution < 1.29 is 4.79 Å². The number of nitrogens with zero attached hydrogens (tertiary/aromatic N) is 1. The van der Waals surface area contributed by atoms with Gasteiger partial charge in [-0.15, -0.1) is 11.3 Å². The van der Waals surface area contributed by atoms with Crippen LogP contribution < -0.4 is 10.6 Å². The lowest BCUT2D eigenvalue weighted by atomic mass is 10.2. The van der Waals surface area contributed by atoms with Crippen molar-refractivity contribution in [2.45, 2.75) is 6.42 Å². The standard InChI is InChI=1S/C14H16N2OS/c15-9-5-10-16(12-6-2-1-3-7-12)14(17)13-8-4-11-18-13/h1-4,6-8,11H,5,9-10,15H2. The molecular weight excluding hydrogens is 244 g/mol. The normalized spacial score (nSPS) is 10.3. The number of rotatable bonds is 5. The third kappa shape index (κ3) is 2.97. The van der Waals surface area contributed by atoms with Crippen LogP contribution in [-0.2, 0) is 0 Å². The molecule has 1 aromatic carbocycles. The molecule has 0 bridgehead atoms. The maximum atomic E-state index is 12.4. The van der Waals surface area contributed by atoms with Crippen molar-refractivity contribution in [1.29, 1.82) is 0 Å². The van der Waals surface area contributed by atoms with Crippen LogP contribution in [0.1, 0.15) is 16.1 Å². The molecule has 0 saturated heterocycles. The molecule has 1 heterocycles. The summed E-state index contributed by atoms with van der Waals surface area (Å²) in [6.45, 7) is 1.23. The lowest BCUT2D eigenvalue weighted by molar-refractivity contribution is 0.0990. The topological polar surface area (TPSA) is 46.3 Å². The molecule has 0 atom stereocenters. The summed E-state index contributed by atoms with van der Waals surface area (Å²) < 4.78 is 0. The van der Waals surface area contributed by atoms with Crippen LogP contribution in [-0.4, -0.2) is 19.0 Å². The van der Waals surface area contributed by atoms with Gasteiger partial charge in [0.2, 0.25) is 0 Å². The van der Waals surface area contributed by atoms with E-state index in [1.807, 2.05) is 47.8 Å². The van der Waals surface area contributed by atoms with Gasteiger partial charge in [-0.2, -0.15) is 0 Å². The molecule has 0 spiro atoms. The minimum Gasteiger partial charge on any atom is -0.330 e. The van der Waals surface area contributed by atoms with Crippen LogP contribution in [0.25, 0.3) is 0 Å². The van der Waals surface area contributed by atoms with Crippen molar-refractivity contribution >= 4 is 22.9 Å². The molecule has 3 nitrogen and oxygen atoms in total. The minimum atomic E-state index is 0.0460. The first-order valence-corrected chi connectivity index (χ1v) is 6.81. The molecule has 18 heavy (non-hydrogen) atoms. The Labute approximate surface area is 111 Å². The Hall–Kier alpha value is -1.65. The maximum Gasteiger partial charge on any atom is 0.268 e. The highest BCUT2D eigenvalue weighted by molar-refractivity contribution is 7.12. The van der Waals surface area contributed by atoms with E-state index in [2.05, 4.69) is 0 Å². The van der Waals surface area contributed by atoms with Gasteiger partial charge in [0.1, 0.15) is 0 Å². The number of hydrogen-bond donors (Lipinski definition) is 1. The molecule has 0 aliphatic heterocycles. The predicted molar refractivity (Wildman–Crippen MR) is 76.1 cm³/mol. The third-order valence-corrected chi connectivity index (χ3v) is 3.49. The zero-order valence-corrected chi connectivity index (χ0v) is 10.9. The highest BCUT2D eigenvalue weighted by atomic mass is 32.1. The van der Waals surface area contributed by atoms with Crippen molar-refractivity contribution in [2.75, 3.05) is 18.0 Å². The first-order valence-electron chi connectivity index (χ1n) is 5.93. The number of hydrogen-bond acceptors (Lipinski definition) is 3. The highest BCUT2D eigenvalue weighted by Crippen LogP contribution is 2.19. The predicted octanol–water partition coefficient (Wildman–Crippen LogP) is 2.74. The summed E-state index contributed by atoms with van der Waals surface area (Å²) in [6, 6.07) is 13.5. The van der Waals surface area contributed by atoms with Crippen molar-refractivity contribution in [2.24, 2.45) is 5.73 Å². The Morgan fingerprint density at radius 2 is 1.94 bits per heavy atom. The van der Waals surface area contributed by atoms with Crippen molar-refractivity contribution in [3.63, 3.8) is 0 Å². The second-order valence-corrected chi connectivity index (χ2v) is 4.86. The number of carbonyl (C=O) groups excluding carboxylic acids is 1. The molecule has 2 N–H and O–H groups in total. The quantitative estimate of drug-likeness (QED) is 0.898. The minimum absolute atomic E-state index is 0.0460. The Bertz CT molecular complexity index is 482. The van der Waals surface area contributed by atoms with E-state index in [4.69, 9.17) is 5.73 Å². The van der Waals surface area contributed by atoms with Crippen LogP contribution in [0.4, 0.5) is 5.69 Å². The zero-order chi connectivity index (χ0) is 12.8. The van der Waals surface area contributed by atoms with E-state index in [1.165, 1.54) is 11.3 Å². The van der Waals surface area contributed by atoms with Crippen LogP contribution in [0.5, 0.6) is 0 Å². The number of nitrogens with two attached hydrogens (primary N) is 1. The largest absolute Gasteiger partial charge is 0.330 e. The van der Waals surface area contributed by atoms with Gasteiger partial charge in [-0.3, -0.25) is 4.79 Å². The Kier molecular flexibility index (Phi) is 4.50. The molecular formula is C14H16N2OS. The number of carbonyl (C=O) groups is 1. The zero-order valence-electron chi connectivity index (χ0n) is 10.1. The molecule has 4 heteroatoms. The van der Waals surface area contributed by atoms with Crippen LogP contribution in [0, 0.1) is 0 Å². The molecule has 1 amide bonds. The number of anilines is 1. The SMILES string of the molecule is NCCCN(C(=O)c1cccs1)c1ccccc1. The van der Waals surface area contributed by atoms with Crippen LogP contribution >= 0.6 is 11.3 Å². The number of para-hydroxylation sites is 1. The summed E-state index contributed by atoms with van der Waals surface area (Å²) >= 11 is 1.47. The second kappa shape index (κ2) is 6.33. The van der Waals surface area contributed by atoms with Crippen LogP contribution in [0.15, 0.2) is 47.8 Å². The fourth-order valence-electron chi connectivity index (χ4n) is 1.74. The average Bonchev–Trinajstić information content (AvgIpc) is 2.94. The van der Waals surface area contributed by atoms with Crippen LogP contribution in [0.3, 0.4) is 0 Å². The first kappa shape index (κ1) is 12.8. The Morgan fingerprint density at radius 1 is 1.17 bits per heavy atom. The Balaban J connectivity index is 2.23. The summed E-state index contributed by atoms with van der Waals surface area (Å²) in [7, 11) is 0. The van der Waals surface area contributed by atoms with Gasteiger partial charge in [0.05, 0.1) is 4.88 Å². The van der Waals surface area contributed by atoms with E-state index in [9.17, 15) is 4.79 Å². The number of thiophene rings is 1. The van der Waals surface area contributed by atoms with Crippen molar-refractivity contribution in [3.05, 3.63) is 52.7 Å².